The Kier molecular flexibility index (Phi) is 2.73. The fourth-order valence-electron chi connectivity index (χ4n) is 1.38. The highest BCUT2D eigenvalue weighted by atomic mass is 16.4. The summed E-state index contributed by atoms with van der Waals surface area (Å²) in [5, 5.41) is 12.7. The second-order valence-electron chi connectivity index (χ2n) is 3.40. The van der Waals surface area contributed by atoms with Crippen molar-refractivity contribution in [2.24, 2.45) is 0 Å². The number of aryl methyl sites for hydroxylation is 1. The molecule has 0 aliphatic carbocycles. The lowest BCUT2D eigenvalue weighted by Gasteiger charge is -2.00. The number of anilines is 1. The topological polar surface area (TPSA) is 107 Å². The molecule has 2 aromatic rings. The number of aromatic carboxylic acids is 1. The Morgan fingerprint density at radius 1 is 1.53 bits per heavy atom. The van der Waals surface area contributed by atoms with E-state index in [1.165, 1.54) is 17.2 Å². The molecule has 0 unspecified atom stereocenters. The van der Waals surface area contributed by atoms with Crippen LogP contribution in [-0.4, -0.2) is 30.8 Å². The van der Waals surface area contributed by atoms with Gasteiger partial charge in [0.1, 0.15) is 6.33 Å². The van der Waals surface area contributed by atoms with E-state index in [0.29, 0.717) is 5.82 Å². The molecule has 0 fully saturated rings. The number of aromatic nitrogens is 4. The van der Waals surface area contributed by atoms with E-state index in [4.69, 9.17) is 10.8 Å². The van der Waals surface area contributed by atoms with Gasteiger partial charge in [-0.15, -0.1) is 0 Å². The van der Waals surface area contributed by atoms with Crippen LogP contribution in [0.5, 0.6) is 0 Å². The van der Waals surface area contributed by atoms with E-state index in [1.807, 2.05) is 6.92 Å². The molecule has 0 bridgehead atoms. The molecule has 0 spiro atoms. The molecule has 2 rings (SSSR count). The van der Waals surface area contributed by atoms with Gasteiger partial charge in [0.05, 0.1) is 11.9 Å². The average Bonchev–Trinajstić information content (AvgIpc) is 2.71. The molecule has 0 aromatic carbocycles. The van der Waals surface area contributed by atoms with E-state index in [9.17, 15) is 4.79 Å². The highest BCUT2D eigenvalue weighted by Crippen LogP contribution is 2.13. The maximum Gasteiger partial charge on any atom is 0.358 e. The summed E-state index contributed by atoms with van der Waals surface area (Å²) in [6.07, 6.45) is 3.59. The van der Waals surface area contributed by atoms with E-state index in [2.05, 4.69) is 15.1 Å². The van der Waals surface area contributed by atoms with E-state index in [-0.39, 0.29) is 11.4 Å². The van der Waals surface area contributed by atoms with Crippen molar-refractivity contribution in [3.63, 3.8) is 0 Å². The summed E-state index contributed by atoms with van der Waals surface area (Å²) < 4.78 is 1.33. The Labute approximate surface area is 96.9 Å². The maximum absolute atomic E-state index is 10.8. The van der Waals surface area contributed by atoms with Crippen molar-refractivity contribution in [3.05, 3.63) is 30.0 Å². The second-order valence-corrected chi connectivity index (χ2v) is 3.40. The number of carboxylic acid groups (broad SMARTS) is 1. The predicted molar refractivity (Wildman–Crippen MR) is 59.9 cm³/mol. The number of nitrogens with two attached hydrogens (primary N) is 1. The van der Waals surface area contributed by atoms with Gasteiger partial charge in [0.2, 0.25) is 0 Å². The van der Waals surface area contributed by atoms with Crippen LogP contribution < -0.4 is 5.73 Å². The summed E-state index contributed by atoms with van der Waals surface area (Å²) >= 11 is 0. The number of carboxylic acids is 1. The van der Waals surface area contributed by atoms with Crippen LogP contribution in [-0.2, 0) is 6.42 Å². The first-order valence-electron chi connectivity index (χ1n) is 5.01. The molecule has 0 radical (unpaired) electrons. The van der Waals surface area contributed by atoms with Gasteiger partial charge >= 0.3 is 5.97 Å². The van der Waals surface area contributed by atoms with Gasteiger partial charge in [0.25, 0.3) is 0 Å². The first-order valence-corrected chi connectivity index (χ1v) is 5.01. The maximum atomic E-state index is 10.8. The van der Waals surface area contributed by atoms with Gasteiger partial charge in [0.15, 0.2) is 11.5 Å². The summed E-state index contributed by atoms with van der Waals surface area (Å²) in [5.74, 6) is -0.665. The largest absolute Gasteiger partial charge is 0.476 e. The normalized spacial score (nSPS) is 10.4. The zero-order valence-corrected chi connectivity index (χ0v) is 9.16. The lowest BCUT2D eigenvalue weighted by atomic mass is 10.3. The first-order chi connectivity index (χ1) is 8.11. The second kappa shape index (κ2) is 4.20. The molecule has 0 aliphatic rings. The minimum Gasteiger partial charge on any atom is -0.476 e. The molecule has 3 N–H and O–H groups in total. The molecule has 17 heavy (non-hydrogen) atoms. The Bertz CT molecular complexity index is 564. The van der Waals surface area contributed by atoms with Crippen LogP contribution in [0.25, 0.3) is 5.82 Å². The van der Waals surface area contributed by atoms with Gasteiger partial charge in [-0.25, -0.2) is 19.4 Å². The average molecular weight is 233 g/mol. The third-order valence-corrected chi connectivity index (χ3v) is 2.25. The van der Waals surface area contributed by atoms with Crippen LogP contribution in [0.1, 0.15) is 23.1 Å². The molecule has 7 heteroatoms. The Hall–Kier alpha value is -2.44. The third kappa shape index (κ3) is 2.07. The predicted octanol–water partition coefficient (Wildman–Crippen LogP) is 0.505. The van der Waals surface area contributed by atoms with E-state index in [1.54, 1.807) is 6.07 Å². The van der Waals surface area contributed by atoms with Gasteiger partial charge in [-0.3, -0.25) is 0 Å². The lowest BCUT2D eigenvalue weighted by Crippen LogP contribution is -2.04. The van der Waals surface area contributed by atoms with E-state index in [0.717, 1.165) is 12.1 Å². The van der Waals surface area contributed by atoms with Crippen molar-refractivity contribution in [2.75, 3.05) is 5.73 Å². The standard InChI is InChI=1S/C10H11N5O2/c1-2-6-3-8(13-5-12-6)15-4-7(11)9(14-15)10(16)17/h3-5H,2,11H2,1H3,(H,16,17). The van der Waals surface area contributed by atoms with Gasteiger partial charge in [-0.2, -0.15) is 5.10 Å². The zero-order chi connectivity index (χ0) is 12.4. The molecule has 0 amide bonds. The van der Waals surface area contributed by atoms with E-state index >= 15 is 0 Å². The van der Waals surface area contributed by atoms with Crippen molar-refractivity contribution < 1.29 is 9.90 Å². The van der Waals surface area contributed by atoms with Crippen LogP contribution in [0.2, 0.25) is 0 Å². The van der Waals surface area contributed by atoms with Crippen molar-refractivity contribution in [1.29, 1.82) is 0 Å². The Morgan fingerprint density at radius 3 is 2.88 bits per heavy atom. The molecular formula is C10H11N5O2. The highest BCUT2D eigenvalue weighted by Gasteiger charge is 2.14. The number of nitrogens with zero attached hydrogens (tertiary/aromatic N) is 4. The molecule has 7 nitrogen and oxygen atoms in total. The number of hydrogen-bond acceptors (Lipinski definition) is 5. The van der Waals surface area contributed by atoms with Gasteiger partial charge in [-0.1, -0.05) is 6.92 Å². The number of carbonyl (C=O) groups is 1. The molecular weight excluding hydrogens is 222 g/mol. The van der Waals surface area contributed by atoms with E-state index < -0.39 is 5.97 Å². The first kappa shape index (κ1) is 11.1. The fourth-order valence-corrected chi connectivity index (χ4v) is 1.38. The SMILES string of the molecule is CCc1cc(-n2cc(N)c(C(=O)O)n2)ncn1. The summed E-state index contributed by atoms with van der Waals surface area (Å²) in [4.78, 5) is 18.9. The fraction of sp³-hybridized carbons (Fsp3) is 0.200. The summed E-state index contributed by atoms with van der Waals surface area (Å²) in [6, 6.07) is 1.73. The van der Waals surface area contributed by atoms with Crippen molar-refractivity contribution in [3.8, 4) is 5.82 Å². The lowest BCUT2D eigenvalue weighted by molar-refractivity contribution is 0.0691. The molecule has 0 saturated carbocycles. The summed E-state index contributed by atoms with van der Waals surface area (Å²) in [5.41, 5.74) is 6.32. The quantitative estimate of drug-likeness (QED) is 0.799. The molecule has 88 valence electrons. The third-order valence-electron chi connectivity index (χ3n) is 2.25. The number of hydrogen-bond donors (Lipinski definition) is 2. The minimum absolute atomic E-state index is 0.106. The van der Waals surface area contributed by atoms with Gasteiger partial charge in [-0.05, 0) is 6.42 Å². The van der Waals surface area contributed by atoms with Crippen LogP contribution in [0.3, 0.4) is 0 Å². The summed E-state index contributed by atoms with van der Waals surface area (Å²) in [7, 11) is 0. The molecule has 0 aliphatic heterocycles. The van der Waals surface area contributed by atoms with Crippen molar-refractivity contribution in [2.45, 2.75) is 13.3 Å². The number of rotatable bonds is 3. The Balaban J connectivity index is 2.46. The Morgan fingerprint density at radius 2 is 2.29 bits per heavy atom. The highest BCUT2D eigenvalue weighted by molar-refractivity contribution is 5.91. The molecule has 2 aromatic heterocycles. The van der Waals surface area contributed by atoms with Crippen molar-refractivity contribution >= 4 is 11.7 Å². The van der Waals surface area contributed by atoms with Crippen LogP contribution in [0.4, 0.5) is 5.69 Å². The minimum atomic E-state index is -1.16. The van der Waals surface area contributed by atoms with Gasteiger partial charge in [0, 0.05) is 11.8 Å². The summed E-state index contributed by atoms with van der Waals surface area (Å²) in [6.45, 7) is 1.96. The van der Waals surface area contributed by atoms with Crippen molar-refractivity contribution in [1.82, 2.24) is 19.7 Å². The molecule has 0 atom stereocenters. The van der Waals surface area contributed by atoms with Gasteiger partial charge < -0.3 is 10.8 Å². The van der Waals surface area contributed by atoms with Crippen LogP contribution in [0.15, 0.2) is 18.6 Å². The monoisotopic (exact) mass is 233 g/mol. The number of nitrogen functional groups attached to an aromatic ring is 1. The zero-order valence-electron chi connectivity index (χ0n) is 9.16. The van der Waals surface area contributed by atoms with Crippen LogP contribution in [0, 0.1) is 0 Å². The molecule has 2 heterocycles. The van der Waals surface area contributed by atoms with Crippen LogP contribution >= 0.6 is 0 Å². The smallest absolute Gasteiger partial charge is 0.358 e. The molecule has 0 saturated heterocycles.